The largest absolute Gasteiger partial charge is 0.481 e. The minimum Gasteiger partial charge on any atom is -0.481 e. The fourth-order valence-electron chi connectivity index (χ4n) is 1.18. The summed E-state index contributed by atoms with van der Waals surface area (Å²) in [6.07, 6.45) is 1.40. The number of aliphatic carboxylic acids is 1. The summed E-state index contributed by atoms with van der Waals surface area (Å²) in [6, 6.07) is 3.46. The van der Waals surface area contributed by atoms with Crippen LogP contribution in [0.2, 0.25) is 0 Å². The van der Waals surface area contributed by atoms with Crippen LogP contribution in [0.25, 0.3) is 0 Å². The number of nitrogens with one attached hydrogen (secondary N) is 1. The fourth-order valence-corrected chi connectivity index (χ4v) is 1.18. The van der Waals surface area contributed by atoms with Crippen molar-refractivity contribution in [2.45, 2.75) is 19.4 Å². The van der Waals surface area contributed by atoms with Crippen molar-refractivity contribution in [2.75, 3.05) is 7.11 Å². The molecule has 2 N–H and O–H groups in total. The Balaban J connectivity index is 2.39. The Kier molecular flexibility index (Phi) is 4.93. The molecule has 0 bridgehead atoms. The zero-order valence-electron chi connectivity index (χ0n) is 9.47. The van der Waals surface area contributed by atoms with E-state index in [0.29, 0.717) is 12.4 Å². The van der Waals surface area contributed by atoms with Gasteiger partial charge in [-0.15, -0.1) is 0 Å². The van der Waals surface area contributed by atoms with Crippen molar-refractivity contribution in [1.82, 2.24) is 10.3 Å². The van der Waals surface area contributed by atoms with Crippen LogP contribution in [0.5, 0.6) is 5.88 Å². The summed E-state index contributed by atoms with van der Waals surface area (Å²) in [5, 5.41) is 11.0. The molecule has 0 atom stereocenters. The number of nitrogens with zero attached hydrogens (tertiary/aromatic N) is 1. The minimum atomic E-state index is -0.981. The van der Waals surface area contributed by atoms with Gasteiger partial charge in [0.25, 0.3) is 0 Å². The second-order valence-corrected chi connectivity index (χ2v) is 3.38. The average molecular weight is 238 g/mol. The molecule has 6 nitrogen and oxygen atoms in total. The van der Waals surface area contributed by atoms with Gasteiger partial charge in [0, 0.05) is 25.2 Å². The molecule has 0 aliphatic rings. The first-order valence-corrected chi connectivity index (χ1v) is 5.09. The van der Waals surface area contributed by atoms with Crippen LogP contribution in [0.1, 0.15) is 18.4 Å². The van der Waals surface area contributed by atoms with Gasteiger partial charge in [0.1, 0.15) is 0 Å². The van der Waals surface area contributed by atoms with Gasteiger partial charge < -0.3 is 15.2 Å². The van der Waals surface area contributed by atoms with Crippen molar-refractivity contribution in [3.63, 3.8) is 0 Å². The molecule has 1 amide bonds. The molecule has 1 heterocycles. The molecule has 1 aromatic rings. The van der Waals surface area contributed by atoms with Crippen LogP contribution in [-0.4, -0.2) is 29.1 Å². The standard InChI is InChI=1S/C11H14N2O4/c1-17-10-6-8(4-5-12-10)7-13-9(14)2-3-11(15)16/h4-6H,2-3,7H2,1H3,(H,13,14)(H,15,16). The molecule has 0 saturated heterocycles. The number of aromatic nitrogens is 1. The number of carboxylic acids is 1. The molecule has 0 saturated carbocycles. The third-order valence-corrected chi connectivity index (χ3v) is 2.06. The van der Waals surface area contributed by atoms with Gasteiger partial charge in [-0.1, -0.05) is 0 Å². The summed E-state index contributed by atoms with van der Waals surface area (Å²) in [6.45, 7) is 0.331. The number of amides is 1. The van der Waals surface area contributed by atoms with E-state index >= 15 is 0 Å². The van der Waals surface area contributed by atoms with Crippen LogP contribution in [0, 0.1) is 0 Å². The van der Waals surface area contributed by atoms with E-state index in [1.165, 1.54) is 7.11 Å². The molecule has 1 aromatic heterocycles. The van der Waals surface area contributed by atoms with Gasteiger partial charge >= 0.3 is 5.97 Å². The lowest BCUT2D eigenvalue weighted by Gasteiger charge is -2.05. The highest BCUT2D eigenvalue weighted by atomic mass is 16.5. The minimum absolute atomic E-state index is 0.0163. The number of ether oxygens (including phenoxy) is 1. The van der Waals surface area contributed by atoms with E-state index in [9.17, 15) is 9.59 Å². The van der Waals surface area contributed by atoms with Gasteiger partial charge in [-0.25, -0.2) is 4.98 Å². The number of rotatable bonds is 6. The molecule has 0 aliphatic heterocycles. The first kappa shape index (κ1) is 13.0. The molecule has 1 rings (SSSR count). The monoisotopic (exact) mass is 238 g/mol. The van der Waals surface area contributed by atoms with Crippen molar-refractivity contribution in [3.05, 3.63) is 23.9 Å². The normalized spacial score (nSPS) is 9.71. The summed E-state index contributed by atoms with van der Waals surface area (Å²) in [4.78, 5) is 25.4. The lowest BCUT2D eigenvalue weighted by molar-refractivity contribution is -0.138. The lowest BCUT2D eigenvalue weighted by Crippen LogP contribution is -2.23. The Hall–Kier alpha value is -2.11. The molecule has 0 aliphatic carbocycles. The second kappa shape index (κ2) is 6.47. The highest BCUT2D eigenvalue weighted by Crippen LogP contribution is 2.08. The van der Waals surface area contributed by atoms with E-state index in [1.807, 2.05) is 0 Å². The van der Waals surface area contributed by atoms with E-state index in [-0.39, 0.29) is 18.7 Å². The number of methoxy groups -OCH3 is 1. The SMILES string of the molecule is COc1cc(CNC(=O)CCC(=O)O)ccn1. The number of carboxylic acid groups (broad SMARTS) is 1. The molecular weight excluding hydrogens is 224 g/mol. The average Bonchev–Trinajstić information content (AvgIpc) is 2.34. The van der Waals surface area contributed by atoms with Crippen LogP contribution in [0.4, 0.5) is 0 Å². The van der Waals surface area contributed by atoms with Crippen LogP contribution < -0.4 is 10.1 Å². The summed E-state index contributed by atoms with van der Waals surface area (Å²) >= 11 is 0. The van der Waals surface area contributed by atoms with Crippen molar-refractivity contribution >= 4 is 11.9 Å². The third-order valence-electron chi connectivity index (χ3n) is 2.06. The van der Waals surface area contributed by atoms with Crippen LogP contribution in [-0.2, 0) is 16.1 Å². The van der Waals surface area contributed by atoms with Crippen molar-refractivity contribution < 1.29 is 19.4 Å². The number of hydrogen-bond donors (Lipinski definition) is 2. The summed E-state index contributed by atoms with van der Waals surface area (Å²) in [5.74, 6) is -0.795. The predicted molar refractivity (Wildman–Crippen MR) is 59.5 cm³/mol. The third kappa shape index (κ3) is 4.96. The number of pyridine rings is 1. The van der Waals surface area contributed by atoms with Gasteiger partial charge in [-0.2, -0.15) is 0 Å². The molecule has 0 radical (unpaired) electrons. The van der Waals surface area contributed by atoms with Crippen LogP contribution in [0.15, 0.2) is 18.3 Å². The second-order valence-electron chi connectivity index (χ2n) is 3.38. The highest BCUT2D eigenvalue weighted by Gasteiger charge is 2.05. The van der Waals surface area contributed by atoms with E-state index in [0.717, 1.165) is 5.56 Å². The van der Waals surface area contributed by atoms with Crippen molar-refractivity contribution in [2.24, 2.45) is 0 Å². The first-order valence-electron chi connectivity index (χ1n) is 5.09. The molecule has 0 unspecified atom stereocenters. The van der Waals surface area contributed by atoms with Crippen LogP contribution in [0.3, 0.4) is 0 Å². The van der Waals surface area contributed by atoms with E-state index < -0.39 is 5.97 Å². The summed E-state index contributed by atoms with van der Waals surface area (Å²) in [5.41, 5.74) is 0.848. The zero-order valence-corrected chi connectivity index (χ0v) is 9.47. The smallest absolute Gasteiger partial charge is 0.303 e. The molecule has 0 spiro atoms. The van der Waals surface area contributed by atoms with Crippen LogP contribution >= 0.6 is 0 Å². The summed E-state index contributed by atoms with van der Waals surface area (Å²) in [7, 11) is 1.51. The molecule has 0 fully saturated rings. The molecule has 92 valence electrons. The zero-order chi connectivity index (χ0) is 12.7. The maximum absolute atomic E-state index is 11.3. The maximum Gasteiger partial charge on any atom is 0.303 e. The lowest BCUT2D eigenvalue weighted by atomic mass is 10.2. The van der Waals surface area contributed by atoms with Crippen molar-refractivity contribution in [1.29, 1.82) is 0 Å². The predicted octanol–water partition coefficient (Wildman–Crippen LogP) is 0.571. The number of hydrogen-bond acceptors (Lipinski definition) is 4. The molecule has 0 aromatic carbocycles. The Morgan fingerprint density at radius 3 is 2.88 bits per heavy atom. The van der Waals surface area contributed by atoms with Gasteiger partial charge in [-0.3, -0.25) is 9.59 Å². The van der Waals surface area contributed by atoms with E-state index in [4.69, 9.17) is 9.84 Å². The Morgan fingerprint density at radius 1 is 1.47 bits per heavy atom. The number of carbonyl (C=O) groups is 2. The molecule has 6 heteroatoms. The maximum atomic E-state index is 11.3. The van der Waals surface area contributed by atoms with Crippen molar-refractivity contribution in [3.8, 4) is 5.88 Å². The fraction of sp³-hybridized carbons (Fsp3) is 0.364. The van der Waals surface area contributed by atoms with Gasteiger partial charge in [-0.05, 0) is 11.6 Å². The van der Waals surface area contributed by atoms with E-state index in [1.54, 1.807) is 18.3 Å². The van der Waals surface area contributed by atoms with E-state index in [2.05, 4.69) is 10.3 Å². The quantitative estimate of drug-likeness (QED) is 0.756. The summed E-state index contributed by atoms with van der Waals surface area (Å²) < 4.78 is 4.94. The van der Waals surface area contributed by atoms with Gasteiger partial charge in [0.05, 0.1) is 13.5 Å². The first-order chi connectivity index (χ1) is 8.11. The number of carbonyl (C=O) groups excluding carboxylic acids is 1. The van der Waals surface area contributed by atoms with Gasteiger partial charge in [0.2, 0.25) is 11.8 Å². The highest BCUT2D eigenvalue weighted by molar-refractivity contribution is 5.80. The Labute approximate surface area is 98.6 Å². The molecule has 17 heavy (non-hydrogen) atoms. The molecular formula is C11H14N2O4. The topological polar surface area (TPSA) is 88.5 Å². The van der Waals surface area contributed by atoms with Gasteiger partial charge in [0.15, 0.2) is 0 Å². The Bertz CT molecular complexity index is 406. The Morgan fingerprint density at radius 2 is 2.24 bits per heavy atom.